The number of hydrogen-bond acceptors (Lipinski definition) is 6. The summed E-state index contributed by atoms with van der Waals surface area (Å²) in [5.41, 5.74) is 3.03. The average Bonchev–Trinajstić information content (AvgIpc) is 3.19. The van der Waals surface area contributed by atoms with Crippen molar-refractivity contribution >= 4 is 5.52 Å². The van der Waals surface area contributed by atoms with Gasteiger partial charge in [-0.05, 0) is 35.4 Å². The van der Waals surface area contributed by atoms with Gasteiger partial charge in [-0.1, -0.05) is 0 Å². The average molecular weight is 417 g/mol. The Hall–Kier alpha value is -3.56. The molecule has 4 aromatic rings. The molecule has 1 N–H and O–H groups in total. The third-order valence-corrected chi connectivity index (χ3v) is 5.68. The van der Waals surface area contributed by atoms with Gasteiger partial charge in [0.05, 0.1) is 17.4 Å². The number of piperazine rings is 1. The Bertz CT molecular complexity index is 1300. The maximum atomic E-state index is 12.2. The Morgan fingerprint density at radius 2 is 1.58 bits per heavy atom. The van der Waals surface area contributed by atoms with Crippen LogP contribution in [0.3, 0.4) is 0 Å². The Kier molecular flexibility index (Phi) is 5.19. The summed E-state index contributed by atoms with van der Waals surface area (Å²) in [5, 5.41) is 4.34. The van der Waals surface area contributed by atoms with Crippen LogP contribution < -0.4 is 11.2 Å². The number of H-pyrrole nitrogens is 1. The molecule has 1 fully saturated rings. The predicted molar refractivity (Wildman–Crippen MR) is 116 cm³/mol. The van der Waals surface area contributed by atoms with Gasteiger partial charge in [-0.2, -0.15) is 5.10 Å². The third-order valence-electron chi connectivity index (χ3n) is 5.68. The number of fused-ring (bicyclic) bond motifs is 1. The molecule has 4 aromatic heterocycles. The number of aromatic amines is 1. The van der Waals surface area contributed by atoms with E-state index in [1.54, 1.807) is 10.7 Å². The molecule has 0 spiro atoms. The molecule has 31 heavy (non-hydrogen) atoms. The zero-order valence-electron chi connectivity index (χ0n) is 17.0. The van der Waals surface area contributed by atoms with E-state index in [2.05, 4.69) is 49.1 Å². The SMILES string of the molecule is O=c1ccn(-c2cnn3ccc(CN4CCN(Cc5ccncc5)CC4)cc23)c(=O)[nH]1. The maximum absolute atomic E-state index is 12.2. The molecule has 0 unspecified atom stereocenters. The molecule has 0 amide bonds. The van der Waals surface area contributed by atoms with E-state index >= 15 is 0 Å². The Balaban J connectivity index is 1.29. The smallest absolute Gasteiger partial charge is 0.297 e. The zero-order chi connectivity index (χ0) is 21.2. The van der Waals surface area contributed by atoms with Crippen LogP contribution >= 0.6 is 0 Å². The maximum Gasteiger partial charge on any atom is 0.333 e. The second kappa shape index (κ2) is 8.29. The molecule has 0 aromatic carbocycles. The summed E-state index contributed by atoms with van der Waals surface area (Å²) in [5.74, 6) is 0. The number of nitrogens with one attached hydrogen (secondary N) is 1. The minimum Gasteiger partial charge on any atom is -0.297 e. The number of nitrogens with zero attached hydrogens (tertiary/aromatic N) is 6. The van der Waals surface area contributed by atoms with Gasteiger partial charge >= 0.3 is 5.69 Å². The van der Waals surface area contributed by atoms with E-state index in [0.29, 0.717) is 5.69 Å². The van der Waals surface area contributed by atoms with Crippen molar-refractivity contribution in [1.29, 1.82) is 0 Å². The highest BCUT2D eigenvalue weighted by Gasteiger charge is 2.18. The highest BCUT2D eigenvalue weighted by atomic mass is 16.2. The first kappa shape index (κ1) is 19.4. The van der Waals surface area contributed by atoms with E-state index in [-0.39, 0.29) is 0 Å². The number of aromatic nitrogens is 5. The van der Waals surface area contributed by atoms with Crippen LogP contribution in [-0.4, -0.2) is 60.1 Å². The van der Waals surface area contributed by atoms with Gasteiger partial charge in [0.25, 0.3) is 5.56 Å². The van der Waals surface area contributed by atoms with Crippen LogP contribution in [0.4, 0.5) is 0 Å². The second-order valence-electron chi connectivity index (χ2n) is 7.78. The van der Waals surface area contributed by atoms with Gasteiger partial charge in [0.2, 0.25) is 0 Å². The van der Waals surface area contributed by atoms with Crippen LogP contribution in [0.1, 0.15) is 11.1 Å². The summed E-state index contributed by atoms with van der Waals surface area (Å²) < 4.78 is 3.15. The molecule has 9 heteroatoms. The van der Waals surface area contributed by atoms with Crippen LogP contribution in [0.2, 0.25) is 0 Å². The van der Waals surface area contributed by atoms with Crippen LogP contribution in [0, 0.1) is 0 Å². The lowest BCUT2D eigenvalue weighted by Crippen LogP contribution is -2.45. The van der Waals surface area contributed by atoms with Gasteiger partial charge in [0.1, 0.15) is 0 Å². The lowest BCUT2D eigenvalue weighted by Gasteiger charge is -2.34. The summed E-state index contributed by atoms with van der Waals surface area (Å²) in [6, 6.07) is 9.59. The van der Waals surface area contributed by atoms with E-state index in [4.69, 9.17) is 0 Å². The predicted octanol–water partition coefficient (Wildman–Crippen LogP) is 0.886. The van der Waals surface area contributed by atoms with E-state index in [1.165, 1.54) is 22.4 Å². The van der Waals surface area contributed by atoms with Crippen molar-refractivity contribution in [3.8, 4) is 5.69 Å². The van der Waals surface area contributed by atoms with E-state index in [0.717, 1.165) is 50.3 Å². The zero-order valence-corrected chi connectivity index (χ0v) is 17.0. The Morgan fingerprint density at radius 1 is 0.871 bits per heavy atom. The monoisotopic (exact) mass is 417 g/mol. The van der Waals surface area contributed by atoms with Gasteiger partial charge in [0.15, 0.2) is 0 Å². The minimum absolute atomic E-state index is 0.415. The van der Waals surface area contributed by atoms with Gasteiger partial charge in [-0.3, -0.25) is 29.1 Å². The van der Waals surface area contributed by atoms with Crippen molar-refractivity contribution in [1.82, 2.24) is 33.9 Å². The first-order valence-corrected chi connectivity index (χ1v) is 10.3. The quantitative estimate of drug-likeness (QED) is 0.519. The summed E-state index contributed by atoms with van der Waals surface area (Å²) in [4.78, 5) is 34.9. The van der Waals surface area contributed by atoms with Crippen molar-refractivity contribution in [2.24, 2.45) is 0 Å². The van der Waals surface area contributed by atoms with Crippen molar-refractivity contribution in [3.05, 3.63) is 93.3 Å². The fourth-order valence-electron chi connectivity index (χ4n) is 4.01. The normalized spacial score (nSPS) is 15.5. The van der Waals surface area contributed by atoms with Gasteiger partial charge in [-0.15, -0.1) is 0 Å². The standard InChI is InChI=1S/C22H23N7O2/c30-21-4-7-28(22(31)25-21)20-14-24-29-8-3-18(13-19(20)29)16-27-11-9-26(10-12-27)15-17-1-5-23-6-2-17/h1-8,13-14H,9-12,15-16H2,(H,25,30,31). The number of pyridine rings is 2. The fraction of sp³-hybridized carbons (Fsp3) is 0.273. The molecule has 0 bridgehead atoms. The number of rotatable bonds is 5. The third kappa shape index (κ3) is 4.18. The van der Waals surface area contributed by atoms with Crippen LogP contribution in [0.25, 0.3) is 11.2 Å². The molecule has 1 aliphatic heterocycles. The number of hydrogen-bond donors (Lipinski definition) is 1. The summed E-state index contributed by atoms with van der Waals surface area (Å²) in [6.45, 7) is 5.84. The first-order chi connectivity index (χ1) is 15.2. The van der Waals surface area contributed by atoms with E-state index in [1.807, 2.05) is 18.6 Å². The lowest BCUT2D eigenvalue weighted by molar-refractivity contribution is 0.122. The summed E-state index contributed by atoms with van der Waals surface area (Å²) in [7, 11) is 0. The molecule has 0 saturated carbocycles. The minimum atomic E-state index is -0.474. The van der Waals surface area contributed by atoms with Gasteiger partial charge in [0, 0.05) is 70.1 Å². The molecular weight excluding hydrogens is 394 g/mol. The van der Waals surface area contributed by atoms with E-state index < -0.39 is 11.2 Å². The van der Waals surface area contributed by atoms with Crippen molar-refractivity contribution in [2.75, 3.05) is 26.2 Å². The summed E-state index contributed by atoms with van der Waals surface area (Å²) >= 11 is 0. The largest absolute Gasteiger partial charge is 0.333 e. The first-order valence-electron chi connectivity index (χ1n) is 10.3. The molecular formula is C22H23N7O2. The molecule has 9 nitrogen and oxygen atoms in total. The van der Waals surface area contributed by atoms with Crippen LogP contribution in [0.15, 0.2) is 70.9 Å². The highest BCUT2D eigenvalue weighted by molar-refractivity contribution is 5.64. The molecule has 0 aliphatic carbocycles. The van der Waals surface area contributed by atoms with Crippen LogP contribution in [0.5, 0.6) is 0 Å². The molecule has 1 saturated heterocycles. The molecule has 0 atom stereocenters. The van der Waals surface area contributed by atoms with Crippen LogP contribution in [-0.2, 0) is 13.1 Å². The van der Waals surface area contributed by atoms with Crippen molar-refractivity contribution < 1.29 is 0 Å². The lowest BCUT2D eigenvalue weighted by atomic mass is 10.2. The topological polar surface area (TPSA) is 91.5 Å². The fourth-order valence-corrected chi connectivity index (χ4v) is 4.01. The van der Waals surface area contributed by atoms with Gasteiger partial charge < -0.3 is 0 Å². The highest BCUT2D eigenvalue weighted by Crippen LogP contribution is 2.17. The molecule has 5 heterocycles. The molecule has 5 rings (SSSR count). The Morgan fingerprint density at radius 3 is 2.29 bits per heavy atom. The van der Waals surface area contributed by atoms with Crippen molar-refractivity contribution in [3.63, 3.8) is 0 Å². The molecule has 0 radical (unpaired) electrons. The van der Waals surface area contributed by atoms with Gasteiger partial charge in [-0.25, -0.2) is 9.31 Å². The van der Waals surface area contributed by atoms with E-state index in [9.17, 15) is 9.59 Å². The Labute approximate surface area is 178 Å². The summed E-state index contributed by atoms with van der Waals surface area (Å²) in [6.07, 6.45) is 8.70. The molecule has 1 aliphatic rings. The molecule has 158 valence electrons. The van der Waals surface area contributed by atoms with Crippen molar-refractivity contribution in [2.45, 2.75) is 13.1 Å². The second-order valence-corrected chi connectivity index (χ2v) is 7.78.